The van der Waals surface area contributed by atoms with Crippen LogP contribution in [0, 0.1) is 5.92 Å². The van der Waals surface area contributed by atoms with Crippen LogP contribution >= 0.6 is 11.6 Å². The topological polar surface area (TPSA) is 66.5 Å². The molecule has 0 spiro atoms. The van der Waals surface area contributed by atoms with Crippen LogP contribution < -0.4 is 9.62 Å². The van der Waals surface area contributed by atoms with E-state index in [2.05, 4.69) is 5.32 Å². The Kier molecular flexibility index (Phi) is 7.14. The molecule has 0 radical (unpaired) electrons. The third kappa shape index (κ3) is 5.61. The van der Waals surface area contributed by atoms with E-state index in [4.69, 9.17) is 11.6 Å². The van der Waals surface area contributed by atoms with Crippen LogP contribution in [0.15, 0.2) is 24.3 Å². The van der Waals surface area contributed by atoms with Crippen LogP contribution in [-0.4, -0.2) is 33.2 Å². The monoisotopic (exact) mass is 386 g/mol. The molecule has 2 rings (SSSR count). The Morgan fingerprint density at radius 3 is 2.56 bits per heavy atom. The Bertz CT molecular complexity index is 687. The second-order valence-corrected chi connectivity index (χ2v) is 9.01. The number of hydrogen-bond acceptors (Lipinski definition) is 3. The number of anilines is 1. The highest BCUT2D eigenvalue weighted by Crippen LogP contribution is 2.26. The number of carbonyl (C=O) groups is 1. The molecule has 1 aromatic carbocycles. The van der Waals surface area contributed by atoms with E-state index < -0.39 is 16.1 Å². The molecule has 1 aromatic rings. The van der Waals surface area contributed by atoms with Gasteiger partial charge in [-0.25, -0.2) is 8.42 Å². The van der Waals surface area contributed by atoms with Crippen LogP contribution in [0.1, 0.15) is 45.4 Å². The van der Waals surface area contributed by atoms with E-state index in [1.807, 2.05) is 6.92 Å². The van der Waals surface area contributed by atoms with Gasteiger partial charge in [0.2, 0.25) is 15.9 Å². The molecule has 1 atom stereocenters. The zero-order valence-corrected chi connectivity index (χ0v) is 16.4. The minimum atomic E-state index is -3.62. The molecule has 5 nitrogen and oxygen atoms in total. The van der Waals surface area contributed by atoms with Gasteiger partial charge in [0.25, 0.3) is 0 Å². The Balaban J connectivity index is 2.16. The smallest absolute Gasteiger partial charge is 0.243 e. The molecule has 140 valence electrons. The first-order valence-corrected chi connectivity index (χ1v) is 11.1. The fourth-order valence-corrected chi connectivity index (χ4v) is 4.82. The molecular weight excluding hydrogens is 360 g/mol. The fraction of sp³-hybridized carbons (Fsp3) is 0.611. The van der Waals surface area contributed by atoms with Gasteiger partial charge in [0.05, 0.1) is 11.9 Å². The van der Waals surface area contributed by atoms with Crippen LogP contribution in [0.4, 0.5) is 5.69 Å². The second-order valence-electron chi connectivity index (χ2n) is 6.71. The number of amides is 1. The molecule has 1 fully saturated rings. The first-order valence-electron chi connectivity index (χ1n) is 8.85. The van der Waals surface area contributed by atoms with Crippen molar-refractivity contribution in [3.05, 3.63) is 29.3 Å². The summed E-state index contributed by atoms with van der Waals surface area (Å²) in [5, 5.41) is 3.40. The van der Waals surface area contributed by atoms with E-state index >= 15 is 0 Å². The summed E-state index contributed by atoms with van der Waals surface area (Å²) in [5.74, 6) is 0.242. The fourth-order valence-electron chi connectivity index (χ4n) is 3.43. The largest absolute Gasteiger partial charge is 0.354 e. The molecule has 0 bridgehead atoms. The number of rotatable bonds is 7. The molecule has 0 heterocycles. The number of sulfonamides is 1. The van der Waals surface area contributed by atoms with Gasteiger partial charge in [-0.1, -0.05) is 43.9 Å². The molecule has 0 aromatic heterocycles. The minimum Gasteiger partial charge on any atom is -0.354 e. The molecule has 7 heteroatoms. The summed E-state index contributed by atoms with van der Waals surface area (Å²) in [5.41, 5.74) is 0.412. The number of nitrogens with one attached hydrogen (secondary N) is 1. The molecule has 25 heavy (non-hydrogen) atoms. The molecule has 1 amide bonds. The summed E-state index contributed by atoms with van der Waals surface area (Å²) in [6.07, 6.45) is 7.42. The standard InChI is InChI=1S/C18H27ClN2O3S/c1-3-17(18(22)20-13-14-8-5-4-6-9-14)21(25(2,23)24)16-11-7-10-15(19)12-16/h7,10-12,14,17H,3-6,8-9,13H2,1-2H3,(H,20,22)/t17-/m0/s1. The van der Waals surface area contributed by atoms with Gasteiger partial charge in [-0.05, 0) is 43.4 Å². The predicted octanol–water partition coefficient (Wildman–Crippen LogP) is 3.58. The molecule has 1 aliphatic carbocycles. The van der Waals surface area contributed by atoms with Crippen molar-refractivity contribution in [3.8, 4) is 0 Å². The Labute approximate surface area is 155 Å². The Morgan fingerprint density at radius 2 is 2.00 bits per heavy atom. The normalized spacial score (nSPS) is 17.1. The maximum Gasteiger partial charge on any atom is 0.243 e. The van der Waals surface area contributed by atoms with Crippen LogP contribution in [0.25, 0.3) is 0 Å². The van der Waals surface area contributed by atoms with Crippen LogP contribution in [-0.2, 0) is 14.8 Å². The van der Waals surface area contributed by atoms with Crippen molar-refractivity contribution in [2.75, 3.05) is 17.1 Å². The van der Waals surface area contributed by atoms with Gasteiger partial charge in [0.1, 0.15) is 6.04 Å². The lowest BCUT2D eigenvalue weighted by Crippen LogP contribution is -2.50. The zero-order valence-electron chi connectivity index (χ0n) is 14.9. The van der Waals surface area contributed by atoms with Crippen LogP contribution in [0.5, 0.6) is 0 Å². The van der Waals surface area contributed by atoms with Gasteiger partial charge in [0, 0.05) is 11.6 Å². The summed E-state index contributed by atoms with van der Waals surface area (Å²) in [4.78, 5) is 12.7. The summed E-state index contributed by atoms with van der Waals surface area (Å²) >= 11 is 6.01. The van der Waals surface area contributed by atoms with Crippen molar-refractivity contribution in [3.63, 3.8) is 0 Å². The van der Waals surface area contributed by atoms with Crippen LogP contribution in [0.3, 0.4) is 0 Å². The van der Waals surface area contributed by atoms with Gasteiger partial charge in [0.15, 0.2) is 0 Å². The Hall–Kier alpha value is -1.27. The SMILES string of the molecule is CC[C@@H](C(=O)NCC1CCCCC1)N(c1cccc(Cl)c1)S(C)(=O)=O. The van der Waals surface area contributed by atoms with Gasteiger partial charge >= 0.3 is 0 Å². The number of halogens is 1. The summed E-state index contributed by atoms with van der Waals surface area (Å²) < 4.78 is 25.9. The lowest BCUT2D eigenvalue weighted by atomic mass is 9.89. The van der Waals surface area contributed by atoms with E-state index in [0.29, 0.717) is 29.6 Å². The third-order valence-corrected chi connectivity index (χ3v) is 6.10. The highest BCUT2D eigenvalue weighted by atomic mass is 35.5. The molecule has 1 aliphatic rings. The highest BCUT2D eigenvalue weighted by molar-refractivity contribution is 7.92. The number of hydrogen-bond donors (Lipinski definition) is 1. The van der Waals surface area contributed by atoms with E-state index in [1.54, 1.807) is 24.3 Å². The number of nitrogens with zero attached hydrogens (tertiary/aromatic N) is 1. The van der Waals surface area contributed by atoms with Crippen LogP contribution in [0.2, 0.25) is 5.02 Å². The van der Waals surface area contributed by atoms with Gasteiger partial charge in [-0.3, -0.25) is 9.10 Å². The lowest BCUT2D eigenvalue weighted by molar-refractivity contribution is -0.122. The van der Waals surface area contributed by atoms with Crippen molar-refractivity contribution in [1.29, 1.82) is 0 Å². The minimum absolute atomic E-state index is 0.251. The summed E-state index contributed by atoms with van der Waals surface area (Å²) in [7, 11) is -3.62. The van der Waals surface area contributed by atoms with Crippen molar-refractivity contribution >= 4 is 33.2 Å². The van der Waals surface area contributed by atoms with Crippen molar-refractivity contribution in [2.24, 2.45) is 5.92 Å². The highest BCUT2D eigenvalue weighted by Gasteiger charge is 2.31. The average Bonchev–Trinajstić information content (AvgIpc) is 2.57. The molecule has 1 N–H and O–H groups in total. The van der Waals surface area contributed by atoms with E-state index in [0.717, 1.165) is 19.1 Å². The number of carbonyl (C=O) groups excluding carboxylic acids is 1. The summed E-state index contributed by atoms with van der Waals surface area (Å²) in [6.45, 7) is 2.43. The quantitative estimate of drug-likeness (QED) is 0.778. The maximum atomic E-state index is 12.7. The van der Waals surface area contributed by atoms with Crippen molar-refractivity contribution < 1.29 is 13.2 Å². The van der Waals surface area contributed by atoms with Crippen molar-refractivity contribution in [1.82, 2.24) is 5.32 Å². The average molecular weight is 387 g/mol. The predicted molar refractivity (Wildman–Crippen MR) is 102 cm³/mol. The zero-order chi connectivity index (χ0) is 18.4. The maximum absolute atomic E-state index is 12.7. The van der Waals surface area contributed by atoms with E-state index in [1.165, 1.54) is 23.6 Å². The third-order valence-electron chi connectivity index (χ3n) is 4.68. The van der Waals surface area contributed by atoms with Crippen molar-refractivity contribution in [2.45, 2.75) is 51.5 Å². The molecule has 0 saturated heterocycles. The first-order chi connectivity index (χ1) is 11.8. The molecule has 1 saturated carbocycles. The molecule has 0 aliphatic heterocycles. The Morgan fingerprint density at radius 1 is 1.32 bits per heavy atom. The van der Waals surface area contributed by atoms with E-state index in [9.17, 15) is 13.2 Å². The second kappa shape index (κ2) is 8.90. The van der Waals surface area contributed by atoms with Gasteiger partial charge in [-0.15, -0.1) is 0 Å². The van der Waals surface area contributed by atoms with Gasteiger partial charge < -0.3 is 5.32 Å². The molecular formula is C18H27ClN2O3S. The summed E-state index contributed by atoms with van der Waals surface area (Å²) in [6, 6.07) is 5.80. The first kappa shape index (κ1) is 20.0. The van der Waals surface area contributed by atoms with Gasteiger partial charge in [-0.2, -0.15) is 0 Å². The number of benzene rings is 1. The molecule has 0 unspecified atom stereocenters. The lowest BCUT2D eigenvalue weighted by Gasteiger charge is -2.31. The van der Waals surface area contributed by atoms with E-state index in [-0.39, 0.29) is 5.91 Å².